The van der Waals surface area contributed by atoms with Gasteiger partial charge in [-0.1, -0.05) is 71.2 Å². The first kappa shape index (κ1) is 64.5. The van der Waals surface area contributed by atoms with Crippen LogP contribution in [0.15, 0.2) is 124 Å². The normalized spacial score (nSPS) is 12.8. The minimum absolute atomic E-state index is 0.0928. The number of thiazole rings is 3. The molecule has 6 aromatic heterocycles. The number of benzene rings is 3. The molecule has 3 atom stereocenters. The van der Waals surface area contributed by atoms with Crippen LogP contribution in [0.1, 0.15) is 117 Å². The third-order valence-electron chi connectivity index (χ3n) is 12.3. The molecule has 3 aromatic carbocycles. The van der Waals surface area contributed by atoms with E-state index >= 15 is 0 Å². The van der Waals surface area contributed by atoms with Crippen LogP contribution in [0.4, 0.5) is 0 Å². The first-order valence-corrected chi connectivity index (χ1v) is 29.5. The van der Waals surface area contributed by atoms with E-state index in [1.54, 1.807) is 102 Å². The summed E-state index contributed by atoms with van der Waals surface area (Å²) in [5.41, 5.74) is 25.8. The van der Waals surface area contributed by atoms with Gasteiger partial charge in [-0.2, -0.15) is 0 Å². The quantitative estimate of drug-likeness (QED) is 0.0266. The van der Waals surface area contributed by atoms with E-state index in [2.05, 4.69) is 60.8 Å². The number of rotatable bonds is 19. The zero-order valence-corrected chi connectivity index (χ0v) is 51.5. The van der Waals surface area contributed by atoms with Crippen molar-refractivity contribution < 1.29 is 29.7 Å². The van der Waals surface area contributed by atoms with Crippen LogP contribution in [0, 0.1) is 20.8 Å². The van der Waals surface area contributed by atoms with Crippen LogP contribution >= 0.6 is 68.8 Å². The molecule has 27 heteroatoms. The standard InChI is InChI=1S/C20H22ClN5O2S.2C19H20ClN5O2S/c1-11-18(10-27)29-20(25-11)17(9-23-12(2)22)26-19(28)16-7-14(8-24-16)13-3-5-15(21)6-4-13;1-10-16(9-26)28-19(23-10)17(24-11(2)21)25-18(27)15-7-13(8-22-15)12-3-5-14(20)6-4-12;1-10-16(9-26)28-19(22-10)17(23-11(2)21)25-18(27)15-8-7-14(24-15)12-3-5-13(20)6-4-12/h3-8,17,24,27H,9-10H2,1-2H3,(H2,22,23)(H,26,28);3-8,17,22,26H,9H2,1-2H3,(H2,21,24)(H,25,27);3-8,17,24,26H,9H2,1-2H3,(H2,21,23)(H,25,27). The van der Waals surface area contributed by atoms with Gasteiger partial charge in [0.2, 0.25) is 0 Å². The van der Waals surface area contributed by atoms with E-state index in [-0.39, 0.29) is 44.1 Å². The van der Waals surface area contributed by atoms with E-state index in [0.29, 0.717) is 76.1 Å². The maximum Gasteiger partial charge on any atom is 0.269 e. The lowest BCUT2D eigenvalue weighted by Gasteiger charge is -2.14. The van der Waals surface area contributed by atoms with Crippen LogP contribution in [0.2, 0.25) is 15.1 Å². The third kappa shape index (κ3) is 18.0. The van der Waals surface area contributed by atoms with Gasteiger partial charge in [0.1, 0.15) is 38.1 Å². The number of aliphatic hydroxyl groups excluding tert-OH is 3. The summed E-state index contributed by atoms with van der Waals surface area (Å²) in [4.78, 5) is 75.6. The zero-order valence-electron chi connectivity index (χ0n) is 46.8. The van der Waals surface area contributed by atoms with Crippen molar-refractivity contribution in [3.05, 3.63) is 188 Å². The molecule has 0 aliphatic rings. The van der Waals surface area contributed by atoms with Crippen molar-refractivity contribution in [3.63, 3.8) is 0 Å². The molecular weight excluding hydrogens is 1210 g/mol. The average molecular weight is 1270 g/mol. The van der Waals surface area contributed by atoms with E-state index in [4.69, 9.17) is 52.0 Å². The number of aromatic amines is 3. The number of hydrogen-bond acceptors (Lipinski definition) is 15. The Hall–Kier alpha value is -8.04. The zero-order chi connectivity index (χ0) is 61.5. The van der Waals surface area contributed by atoms with Crippen LogP contribution in [0.25, 0.3) is 33.5 Å². The second kappa shape index (κ2) is 30.2. The summed E-state index contributed by atoms with van der Waals surface area (Å²) in [7, 11) is 0. The molecule has 0 radical (unpaired) electrons. The molecule has 0 saturated heterocycles. The maximum atomic E-state index is 12.8. The minimum Gasteiger partial charge on any atom is -0.391 e. The fourth-order valence-corrected chi connectivity index (χ4v) is 11.1. The monoisotopic (exact) mass is 1270 g/mol. The molecule has 0 aliphatic heterocycles. The van der Waals surface area contributed by atoms with Crippen LogP contribution in [-0.2, 0) is 19.8 Å². The van der Waals surface area contributed by atoms with Gasteiger partial charge in [-0.15, -0.1) is 34.0 Å². The van der Waals surface area contributed by atoms with Crippen molar-refractivity contribution in [3.8, 4) is 33.5 Å². The van der Waals surface area contributed by atoms with Gasteiger partial charge in [0.05, 0.1) is 75.6 Å². The molecule has 21 nitrogen and oxygen atoms in total. The van der Waals surface area contributed by atoms with E-state index in [1.165, 1.54) is 34.0 Å². The highest BCUT2D eigenvalue weighted by atomic mass is 35.5. The van der Waals surface area contributed by atoms with E-state index in [1.807, 2.05) is 49.4 Å². The molecule has 3 unspecified atom stereocenters. The highest BCUT2D eigenvalue weighted by Gasteiger charge is 2.25. The van der Waals surface area contributed by atoms with E-state index < -0.39 is 18.4 Å². The molecule has 6 heterocycles. The third-order valence-corrected chi connectivity index (χ3v) is 16.7. The Morgan fingerprint density at radius 1 is 0.518 bits per heavy atom. The molecule has 9 rings (SSSR count). The predicted molar refractivity (Wildman–Crippen MR) is 339 cm³/mol. The number of carbonyl (C=O) groups excluding carboxylic acids is 3. The van der Waals surface area contributed by atoms with Crippen molar-refractivity contribution in [1.82, 2.24) is 45.9 Å². The van der Waals surface area contributed by atoms with Gasteiger partial charge < -0.3 is 63.4 Å². The Morgan fingerprint density at radius 3 is 1.28 bits per heavy atom. The predicted octanol–water partition coefficient (Wildman–Crippen LogP) is 10.2. The number of H-pyrrole nitrogens is 3. The molecule has 0 saturated carbocycles. The smallest absolute Gasteiger partial charge is 0.269 e. The fraction of sp³-hybridized carbons (Fsp3) is 0.224. The van der Waals surface area contributed by atoms with Crippen LogP contribution in [0.5, 0.6) is 0 Å². The Balaban J connectivity index is 0.000000183. The van der Waals surface area contributed by atoms with Crippen molar-refractivity contribution >= 4 is 104 Å². The number of aliphatic imine (C=N–C) groups is 3. The fourth-order valence-electron chi connectivity index (χ4n) is 7.94. The van der Waals surface area contributed by atoms with Crippen LogP contribution < -0.4 is 33.2 Å². The molecule has 15 N–H and O–H groups in total. The minimum atomic E-state index is -0.733. The molecule has 0 fully saturated rings. The Labute approximate surface area is 516 Å². The lowest BCUT2D eigenvalue weighted by molar-refractivity contribution is 0.0925. The lowest BCUT2D eigenvalue weighted by atomic mass is 10.1. The number of nitrogens with one attached hydrogen (secondary N) is 6. The summed E-state index contributed by atoms with van der Waals surface area (Å²) >= 11 is 21.7. The summed E-state index contributed by atoms with van der Waals surface area (Å²) in [6.07, 6.45) is 2.06. The van der Waals surface area contributed by atoms with Crippen LogP contribution in [0.3, 0.4) is 0 Å². The van der Waals surface area contributed by atoms with Crippen molar-refractivity contribution in [2.75, 3.05) is 6.54 Å². The van der Waals surface area contributed by atoms with E-state index in [0.717, 1.165) is 53.8 Å². The number of halogens is 3. The second-order valence-electron chi connectivity index (χ2n) is 18.9. The summed E-state index contributed by atoms with van der Waals surface area (Å²) in [5, 5.41) is 40.6. The van der Waals surface area contributed by atoms with Crippen molar-refractivity contribution in [2.45, 2.75) is 79.7 Å². The van der Waals surface area contributed by atoms with Crippen LogP contribution in [-0.4, -0.2) is 87.0 Å². The van der Waals surface area contributed by atoms with Gasteiger partial charge in [0, 0.05) is 33.2 Å². The molecule has 0 bridgehead atoms. The number of amides is 3. The molecular formula is C58H62Cl3N15O6S3. The number of aliphatic hydroxyl groups is 3. The number of amidine groups is 3. The van der Waals surface area contributed by atoms with Gasteiger partial charge in [-0.05, 0) is 130 Å². The number of aromatic nitrogens is 6. The topological polar surface area (TPSA) is 349 Å². The number of aryl methyl sites for hydroxylation is 3. The number of nitrogens with two attached hydrogens (primary N) is 3. The van der Waals surface area contributed by atoms with Gasteiger partial charge in [-0.3, -0.25) is 19.4 Å². The average Bonchev–Trinajstić information content (AvgIpc) is 4.54. The maximum absolute atomic E-state index is 12.8. The van der Waals surface area contributed by atoms with Crippen molar-refractivity contribution in [1.29, 1.82) is 0 Å². The van der Waals surface area contributed by atoms with Crippen molar-refractivity contribution in [2.24, 2.45) is 32.2 Å². The summed E-state index contributed by atoms with van der Waals surface area (Å²) in [5.74, 6) is 0.0969. The number of nitrogens with zero attached hydrogens (tertiary/aromatic N) is 6. The SMILES string of the molecule is CC(N)=NC(NC(=O)c1cc(-c2ccc(Cl)cc2)c[nH]1)c1nc(C)c(CO)s1.CC(N)=NC(NC(=O)c1ccc(-c2ccc(Cl)cc2)[nH]1)c1nc(C)c(CO)s1.CC(N)=NCC(NC(=O)c1cc(-c2ccc(Cl)cc2)c[nH]1)c1nc(C)c(CO)s1. The lowest BCUT2D eigenvalue weighted by Crippen LogP contribution is -2.31. The molecule has 444 valence electrons. The Morgan fingerprint density at radius 2 is 0.894 bits per heavy atom. The Bertz CT molecular complexity index is 3650. The largest absolute Gasteiger partial charge is 0.391 e. The number of hydrogen-bond donors (Lipinski definition) is 12. The van der Waals surface area contributed by atoms with Gasteiger partial charge in [0.15, 0.2) is 12.3 Å². The molecule has 3 amide bonds. The molecule has 0 spiro atoms. The highest BCUT2D eigenvalue weighted by molar-refractivity contribution is 7.12. The summed E-state index contributed by atoms with van der Waals surface area (Å²) in [6, 6.07) is 28.6. The highest BCUT2D eigenvalue weighted by Crippen LogP contribution is 2.30. The van der Waals surface area contributed by atoms with Gasteiger partial charge >= 0.3 is 0 Å². The molecule has 9 aromatic rings. The second-order valence-corrected chi connectivity index (χ2v) is 23.5. The first-order chi connectivity index (χ1) is 40.6. The Kier molecular flexibility index (Phi) is 22.9. The summed E-state index contributed by atoms with van der Waals surface area (Å²) in [6.45, 7) is 10.3. The molecule has 0 aliphatic carbocycles. The van der Waals surface area contributed by atoms with Gasteiger partial charge in [-0.25, -0.2) is 24.9 Å². The number of carbonyl (C=O) groups is 3. The first-order valence-electron chi connectivity index (χ1n) is 25.9. The van der Waals surface area contributed by atoms with E-state index in [9.17, 15) is 29.7 Å². The molecule has 85 heavy (non-hydrogen) atoms. The summed E-state index contributed by atoms with van der Waals surface area (Å²) < 4.78 is 0. The van der Waals surface area contributed by atoms with Gasteiger partial charge in [0.25, 0.3) is 17.7 Å².